The van der Waals surface area contributed by atoms with Gasteiger partial charge < -0.3 is 9.47 Å². The molecular weight excluding hydrogens is 128 g/mol. The van der Waals surface area contributed by atoms with Gasteiger partial charge in [0, 0.05) is 0 Å². The van der Waals surface area contributed by atoms with Gasteiger partial charge in [-0.2, -0.15) is 0 Å². The maximum atomic E-state index is 5.15. The summed E-state index contributed by atoms with van der Waals surface area (Å²) in [5.74, 6) is 3.36. The van der Waals surface area contributed by atoms with Gasteiger partial charge in [-0.25, -0.2) is 0 Å². The van der Waals surface area contributed by atoms with Crippen LogP contribution in [0.5, 0.6) is 0 Å². The number of rotatable bonds is 0. The molecule has 0 saturated carbocycles. The van der Waals surface area contributed by atoms with Gasteiger partial charge in [0.15, 0.2) is 0 Å². The molecule has 0 spiro atoms. The standard InChI is InChI=1S/C8H8O2/c1-4-8(5-2)9-6-7(3)10-8/h1-2,7H,6H2,3H3. The van der Waals surface area contributed by atoms with E-state index >= 15 is 0 Å². The van der Waals surface area contributed by atoms with Crippen molar-refractivity contribution in [3.8, 4) is 24.7 Å². The third kappa shape index (κ3) is 0.998. The molecule has 0 N–H and O–H groups in total. The fourth-order valence-electron chi connectivity index (χ4n) is 0.779. The summed E-state index contributed by atoms with van der Waals surface area (Å²) in [6.07, 6.45) is 10.2. The second-order valence-corrected chi connectivity index (χ2v) is 2.14. The van der Waals surface area contributed by atoms with Gasteiger partial charge in [0.1, 0.15) is 0 Å². The third-order valence-corrected chi connectivity index (χ3v) is 1.27. The molecule has 0 bridgehead atoms. The van der Waals surface area contributed by atoms with Crippen LogP contribution in [-0.4, -0.2) is 18.5 Å². The second-order valence-electron chi connectivity index (χ2n) is 2.14. The van der Waals surface area contributed by atoms with Crippen molar-refractivity contribution in [1.82, 2.24) is 0 Å². The summed E-state index contributed by atoms with van der Waals surface area (Å²) < 4.78 is 10.2. The fraction of sp³-hybridized carbons (Fsp3) is 0.500. The SMILES string of the molecule is C#CC1(C#C)OCC(C)O1. The predicted molar refractivity (Wildman–Crippen MR) is 36.9 cm³/mol. The molecule has 1 rings (SSSR count). The molecule has 52 valence electrons. The van der Waals surface area contributed by atoms with Crippen molar-refractivity contribution in [3.05, 3.63) is 0 Å². The average Bonchev–Trinajstić information content (AvgIpc) is 2.33. The molecule has 0 aromatic heterocycles. The first-order valence-electron chi connectivity index (χ1n) is 3.00. The Bertz CT molecular complexity index is 192. The average molecular weight is 136 g/mol. The van der Waals surface area contributed by atoms with Crippen molar-refractivity contribution in [2.75, 3.05) is 6.61 Å². The van der Waals surface area contributed by atoms with Crippen molar-refractivity contribution >= 4 is 0 Å². The van der Waals surface area contributed by atoms with Crippen LogP contribution in [0.15, 0.2) is 0 Å². The Morgan fingerprint density at radius 3 is 2.30 bits per heavy atom. The van der Waals surface area contributed by atoms with E-state index in [1.54, 1.807) is 0 Å². The van der Waals surface area contributed by atoms with Crippen LogP contribution in [0.25, 0.3) is 0 Å². The van der Waals surface area contributed by atoms with Gasteiger partial charge in [-0.05, 0) is 18.8 Å². The summed E-state index contributed by atoms with van der Waals surface area (Å²) in [7, 11) is 0. The van der Waals surface area contributed by atoms with Crippen LogP contribution in [0.4, 0.5) is 0 Å². The smallest absolute Gasteiger partial charge is 0.300 e. The summed E-state index contributed by atoms with van der Waals surface area (Å²) in [5, 5.41) is 0. The van der Waals surface area contributed by atoms with Crippen molar-refractivity contribution in [2.24, 2.45) is 0 Å². The van der Waals surface area contributed by atoms with E-state index in [0.29, 0.717) is 6.61 Å². The number of hydrogen-bond donors (Lipinski definition) is 0. The zero-order chi connectivity index (χ0) is 7.61. The van der Waals surface area contributed by atoms with Crippen LogP contribution in [0.3, 0.4) is 0 Å². The summed E-state index contributed by atoms with van der Waals surface area (Å²) in [6.45, 7) is 2.32. The van der Waals surface area contributed by atoms with Crippen LogP contribution in [0, 0.1) is 24.7 Å². The summed E-state index contributed by atoms with van der Waals surface area (Å²) in [6, 6.07) is 0. The van der Waals surface area contributed by atoms with E-state index in [0.717, 1.165) is 0 Å². The quantitative estimate of drug-likeness (QED) is 0.448. The summed E-state index contributed by atoms with van der Waals surface area (Å²) >= 11 is 0. The molecular formula is C8H8O2. The molecule has 0 radical (unpaired) electrons. The Morgan fingerprint density at radius 2 is 2.10 bits per heavy atom. The van der Waals surface area contributed by atoms with Crippen molar-refractivity contribution in [2.45, 2.75) is 18.8 Å². The molecule has 0 aliphatic carbocycles. The Morgan fingerprint density at radius 1 is 1.50 bits per heavy atom. The van der Waals surface area contributed by atoms with E-state index in [1.807, 2.05) is 6.92 Å². The van der Waals surface area contributed by atoms with E-state index < -0.39 is 5.79 Å². The number of ether oxygens (including phenoxy) is 2. The lowest BCUT2D eigenvalue weighted by Crippen LogP contribution is -2.25. The van der Waals surface area contributed by atoms with E-state index in [-0.39, 0.29) is 6.10 Å². The highest BCUT2D eigenvalue weighted by molar-refractivity contribution is 5.21. The highest BCUT2D eigenvalue weighted by Gasteiger charge is 2.36. The third-order valence-electron chi connectivity index (χ3n) is 1.27. The van der Waals surface area contributed by atoms with E-state index in [2.05, 4.69) is 11.8 Å². The summed E-state index contributed by atoms with van der Waals surface area (Å²) in [5.41, 5.74) is 0. The van der Waals surface area contributed by atoms with Crippen LogP contribution in [0.2, 0.25) is 0 Å². The lowest BCUT2D eigenvalue weighted by Gasteiger charge is -2.12. The molecule has 0 aromatic rings. The van der Waals surface area contributed by atoms with Crippen LogP contribution < -0.4 is 0 Å². The Kier molecular flexibility index (Phi) is 1.68. The van der Waals surface area contributed by atoms with Gasteiger partial charge >= 0.3 is 5.79 Å². The molecule has 1 unspecified atom stereocenters. The minimum atomic E-state index is -1.20. The molecule has 1 fully saturated rings. The lowest BCUT2D eigenvalue weighted by atomic mass is 10.3. The maximum absolute atomic E-state index is 5.15. The van der Waals surface area contributed by atoms with Gasteiger partial charge in [0.2, 0.25) is 0 Å². The zero-order valence-corrected chi connectivity index (χ0v) is 5.76. The van der Waals surface area contributed by atoms with E-state index in [4.69, 9.17) is 22.3 Å². The van der Waals surface area contributed by atoms with Crippen molar-refractivity contribution in [1.29, 1.82) is 0 Å². The minimum absolute atomic E-state index is 0.00731. The molecule has 10 heavy (non-hydrogen) atoms. The molecule has 1 aliphatic heterocycles. The lowest BCUT2D eigenvalue weighted by molar-refractivity contribution is -0.0696. The second kappa shape index (κ2) is 2.34. The molecule has 1 atom stereocenters. The minimum Gasteiger partial charge on any atom is -0.327 e. The van der Waals surface area contributed by atoms with E-state index in [9.17, 15) is 0 Å². The molecule has 1 heterocycles. The first kappa shape index (κ1) is 7.15. The molecule has 0 amide bonds. The van der Waals surface area contributed by atoms with E-state index in [1.165, 1.54) is 0 Å². The topological polar surface area (TPSA) is 18.5 Å². The highest BCUT2D eigenvalue weighted by Crippen LogP contribution is 2.21. The van der Waals surface area contributed by atoms with Gasteiger partial charge in [-0.3, -0.25) is 0 Å². The van der Waals surface area contributed by atoms with Crippen LogP contribution >= 0.6 is 0 Å². The van der Waals surface area contributed by atoms with Crippen molar-refractivity contribution in [3.63, 3.8) is 0 Å². The zero-order valence-electron chi connectivity index (χ0n) is 5.76. The van der Waals surface area contributed by atoms with Crippen molar-refractivity contribution < 1.29 is 9.47 Å². The molecule has 2 heteroatoms. The summed E-state index contributed by atoms with van der Waals surface area (Å²) in [4.78, 5) is 0. The largest absolute Gasteiger partial charge is 0.327 e. The maximum Gasteiger partial charge on any atom is 0.300 e. The molecule has 0 aromatic carbocycles. The predicted octanol–water partition coefficient (Wildman–Crippen LogP) is 0.384. The van der Waals surface area contributed by atoms with Crippen LogP contribution in [0.1, 0.15) is 6.92 Å². The van der Waals surface area contributed by atoms with Gasteiger partial charge in [0.25, 0.3) is 0 Å². The first-order chi connectivity index (χ1) is 4.72. The molecule has 1 saturated heterocycles. The normalized spacial score (nSPS) is 28.9. The van der Waals surface area contributed by atoms with Crippen LogP contribution in [-0.2, 0) is 9.47 Å². The Labute approximate surface area is 60.5 Å². The van der Waals surface area contributed by atoms with Gasteiger partial charge in [0.05, 0.1) is 12.7 Å². The number of terminal acetylenes is 2. The molecule has 1 aliphatic rings. The van der Waals surface area contributed by atoms with Gasteiger partial charge in [-0.15, -0.1) is 12.8 Å². The first-order valence-corrected chi connectivity index (χ1v) is 3.00. The number of hydrogen-bond acceptors (Lipinski definition) is 2. The fourth-order valence-corrected chi connectivity index (χ4v) is 0.779. The Hall–Kier alpha value is -0.960. The van der Waals surface area contributed by atoms with Gasteiger partial charge in [-0.1, -0.05) is 0 Å². The highest BCUT2D eigenvalue weighted by atomic mass is 16.7. The molecule has 2 nitrogen and oxygen atoms in total. The monoisotopic (exact) mass is 136 g/mol. The Balaban J connectivity index is 2.74.